The molecule has 1 fully saturated rings. The topological polar surface area (TPSA) is 54.5 Å². The average Bonchev–Trinajstić information content (AvgIpc) is 2.68. The molecule has 0 aliphatic carbocycles. The second-order valence-electron chi connectivity index (χ2n) is 5.97. The van der Waals surface area contributed by atoms with Crippen molar-refractivity contribution in [3.05, 3.63) is 66.5 Å². The molecule has 1 saturated heterocycles. The molecule has 2 aromatic carbocycles. The first-order valence-corrected chi connectivity index (χ1v) is 8.39. The van der Waals surface area contributed by atoms with Crippen LogP contribution in [0.2, 0.25) is 0 Å². The van der Waals surface area contributed by atoms with E-state index in [9.17, 15) is 4.79 Å². The molecule has 1 N–H and O–H groups in total. The van der Waals surface area contributed by atoms with E-state index in [1.165, 1.54) is 0 Å². The number of nitrogens with one attached hydrogen (secondary N) is 1. The summed E-state index contributed by atoms with van der Waals surface area (Å²) in [5.41, 5.74) is 2.47. The number of morpholine rings is 1. The van der Waals surface area contributed by atoms with Gasteiger partial charge in [-0.15, -0.1) is 0 Å². The summed E-state index contributed by atoms with van der Waals surface area (Å²) < 4.78 is 5.42. The number of benzene rings is 2. The molecule has 4 rings (SSSR count). The van der Waals surface area contributed by atoms with E-state index >= 15 is 0 Å². The van der Waals surface area contributed by atoms with Crippen LogP contribution in [0.15, 0.2) is 60.9 Å². The Hall–Kier alpha value is -2.92. The standard InChI is InChI=1S/C20H19N3O2/c24-20(16-5-3-4-15-8-9-21-14-17(15)16)22-18-6-1-2-7-19(18)23-10-12-25-13-11-23/h1-9,14H,10-13H2,(H,22,24). The maximum absolute atomic E-state index is 12.9. The number of nitrogens with zero attached hydrogens (tertiary/aromatic N) is 2. The molecule has 0 bridgehead atoms. The van der Waals surface area contributed by atoms with Gasteiger partial charge in [0.15, 0.2) is 0 Å². The van der Waals surface area contributed by atoms with Crippen LogP contribution >= 0.6 is 0 Å². The molecular formula is C20H19N3O2. The van der Waals surface area contributed by atoms with Crippen molar-refractivity contribution in [2.75, 3.05) is 36.5 Å². The van der Waals surface area contributed by atoms with Gasteiger partial charge in [0.1, 0.15) is 0 Å². The second kappa shape index (κ2) is 6.91. The Bertz CT molecular complexity index is 899. The second-order valence-corrected chi connectivity index (χ2v) is 5.97. The Balaban J connectivity index is 1.65. The van der Waals surface area contributed by atoms with Gasteiger partial charge in [-0.25, -0.2) is 0 Å². The van der Waals surface area contributed by atoms with E-state index < -0.39 is 0 Å². The van der Waals surface area contributed by atoms with E-state index in [-0.39, 0.29) is 5.91 Å². The number of amides is 1. The number of carbonyl (C=O) groups is 1. The summed E-state index contributed by atoms with van der Waals surface area (Å²) in [6.07, 6.45) is 3.47. The molecular weight excluding hydrogens is 314 g/mol. The van der Waals surface area contributed by atoms with Crippen molar-refractivity contribution in [3.8, 4) is 0 Å². The van der Waals surface area contributed by atoms with Crippen LogP contribution in [0.4, 0.5) is 11.4 Å². The van der Waals surface area contributed by atoms with Crippen molar-refractivity contribution in [2.24, 2.45) is 0 Å². The molecule has 25 heavy (non-hydrogen) atoms. The zero-order chi connectivity index (χ0) is 17.1. The van der Waals surface area contributed by atoms with Gasteiger partial charge in [-0.2, -0.15) is 0 Å². The van der Waals surface area contributed by atoms with Crippen molar-refractivity contribution >= 4 is 28.1 Å². The highest BCUT2D eigenvalue weighted by molar-refractivity contribution is 6.13. The fraction of sp³-hybridized carbons (Fsp3) is 0.200. The first-order chi connectivity index (χ1) is 12.3. The predicted octanol–water partition coefficient (Wildman–Crippen LogP) is 3.32. The molecule has 2 heterocycles. The number of rotatable bonds is 3. The van der Waals surface area contributed by atoms with Crippen LogP contribution in [0, 0.1) is 0 Å². The van der Waals surface area contributed by atoms with Crippen LogP contribution in [0.5, 0.6) is 0 Å². The largest absolute Gasteiger partial charge is 0.378 e. The van der Waals surface area contributed by atoms with Crippen molar-refractivity contribution in [1.29, 1.82) is 0 Å². The third-order valence-corrected chi connectivity index (χ3v) is 4.43. The number of carbonyl (C=O) groups excluding carboxylic acids is 1. The summed E-state index contributed by atoms with van der Waals surface area (Å²) in [4.78, 5) is 19.3. The summed E-state index contributed by atoms with van der Waals surface area (Å²) in [6, 6.07) is 15.5. The van der Waals surface area contributed by atoms with Crippen LogP contribution in [-0.4, -0.2) is 37.2 Å². The molecule has 0 radical (unpaired) electrons. The zero-order valence-corrected chi connectivity index (χ0v) is 13.8. The fourth-order valence-corrected chi connectivity index (χ4v) is 3.16. The smallest absolute Gasteiger partial charge is 0.256 e. The van der Waals surface area contributed by atoms with Crippen LogP contribution in [0.1, 0.15) is 10.4 Å². The highest BCUT2D eigenvalue weighted by Gasteiger charge is 2.17. The van der Waals surface area contributed by atoms with E-state index in [4.69, 9.17) is 4.74 Å². The number of para-hydroxylation sites is 2. The number of hydrogen-bond donors (Lipinski definition) is 1. The molecule has 1 aliphatic heterocycles. The average molecular weight is 333 g/mol. The van der Waals surface area contributed by atoms with Gasteiger partial charge < -0.3 is 15.0 Å². The van der Waals surface area contributed by atoms with Gasteiger partial charge in [0.2, 0.25) is 0 Å². The van der Waals surface area contributed by atoms with E-state index in [2.05, 4.69) is 15.2 Å². The maximum atomic E-state index is 12.9. The number of fused-ring (bicyclic) bond motifs is 1. The maximum Gasteiger partial charge on any atom is 0.256 e. The lowest BCUT2D eigenvalue weighted by atomic mass is 10.1. The number of ether oxygens (including phenoxy) is 1. The Morgan fingerprint density at radius 3 is 2.76 bits per heavy atom. The molecule has 0 atom stereocenters. The molecule has 0 unspecified atom stereocenters. The van der Waals surface area contributed by atoms with Gasteiger partial charge in [-0.05, 0) is 29.7 Å². The highest BCUT2D eigenvalue weighted by Crippen LogP contribution is 2.27. The minimum atomic E-state index is -0.126. The molecule has 126 valence electrons. The van der Waals surface area contributed by atoms with Crippen molar-refractivity contribution in [2.45, 2.75) is 0 Å². The summed E-state index contributed by atoms with van der Waals surface area (Å²) in [7, 11) is 0. The SMILES string of the molecule is O=C(Nc1ccccc1N1CCOCC1)c1cccc2ccncc12. The van der Waals surface area contributed by atoms with Crippen LogP contribution in [0.25, 0.3) is 10.8 Å². The minimum absolute atomic E-state index is 0.126. The number of pyridine rings is 1. The highest BCUT2D eigenvalue weighted by atomic mass is 16.5. The summed E-state index contributed by atoms with van der Waals surface area (Å²) in [5, 5.41) is 4.92. The Kier molecular flexibility index (Phi) is 4.31. The third-order valence-electron chi connectivity index (χ3n) is 4.43. The van der Waals surface area contributed by atoms with Gasteiger partial charge in [0.25, 0.3) is 5.91 Å². The Morgan fingerprint density at radius 1 is 1.04 bits per heavy atom. The van der Waals surface area contributed by atoms with Crippen molar-refractivity contribution < 1.29 is 9.53 Å². The van der Waals surface area contributed by atoms with Crippen molar-refractivity contribution in [3.63, 3.8) is 0 Å². The molecule has 1 amide bonds. The molecule has 5 heteroatoms. The Labute approximate surface area is 146 Å². The molecule has 5 nitrogen and oxygen atoms in total. The van der Waals surface area contributed by atoms with Crippen LogP contribution in [-0.2, 0) is 4.74 Å². The van der Waals surface area contributed by atoms with Gasteiger partial charge in [-0.3, -0.25) is 9.78 Å². The van der Waals surface area contributed by atoms with Gasteiger partial charge in [0.05, 0.1) is 24.6 Å². The van der Waals surface area contributed by atoms with Crippen LogP contribution < -0.4 is 10.2 Å². The van der Waals surface area contributed by atoms with Crippen molar-refractivity contribution in [1.82, 2.24) is 4.98 Å². The number of hydrogen-bond acceptors (Lipinski definition) is 4. The monoisotopic (exact) mass is 333 g/mol. The summed E-state index contributed by atoms with van der Waals surface area (Å²) in [5.74, 6) is -0.126. The van der Waals surface area contributed by atoms with Gasteiger partial charge in [0, 0.05) is 36.4 Å². The molecule has 1 aliphatic rings. The predicted molar refractivity (Wildman–Crippen MR) is 99.2 cm³/mol. The van der Waals surface area contributed by atoms with Gasteiger partial charge in [-0.1, -0.05) is 24.3 Å². The lowest BCUT2D eigenvalue weighted by Crippen LogP contribution is -2.36. The van der Waals surface area contributed by atoms with E-state index in [0.717, 1.165) is 35.2 Å². The first-order valence-electron chi connectivity index (χ1n) is 8.39. The number of aromatic nitrogens is 1. The quantitative estimate of drug-likeness (QED) is 0.799. The van der Waals surface area contributed by atoms with E-state index in [1.807, 2.05) is 48.5 Å². The Morgan fingerprint density at radius 2 is 1.88 bits per heavy atom. The van der Waals surface area contributed by atoms with Gasteiger partial charge >= 0.3 is 0 Å². The summed E-state index contributed by atoms with van der Waals surface area (Å²) >= 11 is 0. The third kappa shape index (κ3) is 3.19. The lowest BCUT2D eigenvalue weighted by molar-refractivity contribution is 0.102. The number of anilines is 2. The zero-order valence-electron chi connectivity index (χ0n) is 13.8. The normalized spacial score (nSPS) is 14.5. The van der Waals surface area contributed by atoms with Crippen LogP contribution in [0.3, 0.4) is 0 Å². The summed E-state index contributed by atoms with van der Waals surface area (Å²) in [6.45, 7) is 3.06. The molecule has 3 aromatic rings. The molecule has 0 saturated carbocycles. The first kappa shape index (κ1) is 15.6. The van der Waals surface area contributed by atoms with E-state index in [0.29, 0.717) is 18.8 Å². The molecule has 1 aromatic heterocycles. The molecule has 0 spiro atoms. The minimum Gasteiger partial charge on any atom is -0.378 e. The lowest BCUT2D eigenvalue weighted by Gasteiger charge is -2.30. The van der Waals surface area contributed by atoms with E-state index in [1.54, 1.807) is 12.4 Å². The fourth-order valence-electron chi connectivity index (χ4n) is 3.16.